The first-order valence-electron chi connectivity index (χ1n) is 16.5. The molecule has 2 N–H and O–H groups in total. The van der Waals surface area contributed by atoms with Gasteiger partial charge in [-0.1, -0.05) is 46.8 Å². The second kappa shape index (κ2) is 19.8. The van der Waals surface area contributed by atoms with Crippen LogP contribution in [0.4, 0.5) is 8.78 Å². The molecule has 0 bridgehead atoms. The third kappa shape index (κ3) is 14.6. The summed E-state index contributed by atoms with van der Waals surface area (Å²) >= 11 is 0. The number of benzene rings is 2. The Morgan fingerprint density at radius 1 is 0.708 bits per heavy atom. The van der Waals surface area contributed by atoms with Gasteiger partial charge in [-0.2, -0.15) is 0 Å². The lowest BCUT2D eigenvalue weighted by molar-refractivity contribution is -0.163. The van der Waals surface area contributed by atoms with Crippen LogP contribution in [0.25, 0.3) is 0 Å². The summed E-state index contributed by atoms with van der Waals surface area (Å²) < 4.78 is 43.0. The van der Waals surface area contributed by atoms with Gasteiger partial charge in [-0.15, -0.1) is 12.4 Å². The molecule has 7 nitrogen and oxygen atoms in total. The van der Waals surface area contributed by atoms with E-state index in [0.29, 0.717) is 0 Å². The van der Waals surface area contributed by atoms with Crippen molar-refractivity contribution in [3.05, 3.63) is 70.3 Å². The highest BCUT2D eigenvalue weighted by Crippen LogP contribution is 2.34. The molecular weight excluding hydrogens is 640 g/mol. The van der Waals surface area contributed by atoms with Crippen molar-refractivity contribution in [3.63, 3.8) is 0 Å². The molecule has 0 unspecified atom stereocenters. The monoisotopic (exact) mass is 697 g/mol. The first-order chi connectivity index (χ1) is 21.5. The van der Waals surface area contributed by atoms with Crippen LogP contribution in [0.5, 0.6) is 0 Å². The van der Waals surface area contributed by atoms with Gasteiger partial charge in [0, 0.05) is 11.8 Å². The van der Waals surface area contributed by atoms with Crippen molar-refractivity contribution in [2.24, 2.45) is 23.5 Å². The highest BCUT2D eigenvalue weighted by Gasteiger charge is 2.31. The van der Waals surface area contributed by atoms with Crippen LogP contribution < -0.4 is 5.73 Å². The summed E-state index contributed by atoms with van der Waals surface area (Å²) in [6, 6.07) is 8.75. The van der Waals surface area contributed by atoms with Crippen molar-refractivity contribution in [3.8, 4) is 0 Å². The fourth-order valence-corrected chi connectivity index (χ4v) is 5.79. The van der Waals surface area contributed by atoms with Crippen LogP contribution in [0, 0.1) is 43.2 Å². The molecule has 2 rings (SSSR count). The molecular formula is C38H58ClF2NO6. The van der Waals surface area contributed by atoms with Gasteiger partial charge < -0.3 is 19.9 Å². The lowest BCUT2D eigenvalue weighted by Crippen LogP contribution is -2.34. The van der Waals surface area contributed by atoms with Gasteiger partial charge in [0.25, 0.3) is 0 Å². The van der Waals surface area contributed by atoms with Crippen LogP contribution >= 0.6 is 12.4 Å². The molecule has 0 aliphatic rings. The summed E-state index contributed by atoms with van der Waals surface area (Å²) in [5.74, 6) is -2.00. The van der Waals surface area contributed by atoms with Gasteiger partial charge in [0.1, 0.15) is 35.5 Å². The van der Waals surface area contributed by atoms with E-state index in [4.69, 9.17) is 19.9 Å². The maximum Gasteiger partial charge on any atom is 0.322 e. The Hall–Kier alpha value is -3.04. The Labute approximate surface area is 293 Å². The molecule has 48 heavy (non-hydrogen) atoms. The molecule has 0 aliphatic carbocycles. The summed E-state index contributed by atoms with van der Waals surface area (Å²) in [5.41, 5.74) is 8.61. The fraction of sp³-hybridized carbons (Fsp3) is 0.605. The number of esters is 3. The second-order valence-electron chi connectivity index (χ2n) is 14.3. The maximum atomic E-state index is 13.4. The van der Waals surface area contributed by atoms with Gasteiger partial charge in [-0.25, -0.2) is 8.78 Å². The number of hydrogen-bond donors (Lipinski definition) is 1. The quantitative estimate of drug-likeness (QED) is 0.175. The van der Waals surface area contributed by atoms with Crippen molar-refractivity contribution < 1.29 is 37.4 Å². The van der Waals surface area contributed by atoms with Crippen LogP contribution in [-0.2, 0) is 28.6 Å². The standard InChI is InChI=1S/C22H33FO4.C16H24FNO2.ClH/c1-13(2)20(18-10-9-17(23)11-14(18)3)16(5)26-21(25)15(4)12-19(24)27-22(6,7)8;1-9(2)15(12(5)20-16(19)11(4)18)14-7-6-13(17)8-10(14)3;/h9-11,13,15-16,20H,12H2,1-8H3;6-9,11-12,15H,18H2,1-5H3;1H/t15-,16+,20-;11-,12-,15+;/m10./s1. The van der Waals surface area contributed by atoms with Gasteiger partial charge in [0.15, 0.2) is 0 Å². The molecule has 272 valence electrons. The lowest BCUT2D eigenvalue weighted by Gasteiger charge is -2.30. The van der Waals surface area contributed by atoms with E-state index in [0.717, 1.165) is 22.3 Å². The third-order valence-corrected chi connectivity index (χ3v) is 7.90. The van der Waals surface area contributed by atoms with Crippen molar-refractivity contribution in [2.45, 2.75) is 132 Å². The van der Waals surface area contributed by atoms with Crippen LogP contribution in [0.15, 0.2) is 36.4 Å². The molecule has 0 amide bonds. The topological polar surface area (TPSA) is 105 Å². The van der Waals surface area contributed by atoms with Gasteiger partial charge in [0.2, 0.25) is 0 Å². The molecule has 0 saturated heterocycles. The molecule has 0 aliphatic heterocycles. The smallest absolute Gasteiger partial charge is 0.322 e. The average Bonchev–Trinajstić information content (AvgIpc) is 2.90. The number of nitrogens with two attached hydrogens (primary N) is 1. The van der Waals surface area contributed by atoms with Gasteiger partial charge >= 0.3 is 17.9 Å². The highest BCUT2D eigenvalue weighted by atomic mass is 35.5. The number of halogens is 3. The number of aryl methyl sites for hydroxylation is 2. The predicted octanol–water partition coefficient (Wildman–Crippen LogP) is 8.75. The maximum absolute atomic E-state index is 13.4. The van der Waals surface area contributed by atoms with E-state index in [2.05, 4.69) is 13.8 Å². The van der Waals surface area contributed by atoms with Crippen molar-refractivity contribution in [1.82, 2.24) is 0 Å². The number of carbonyl (C=O) groups excluding carboxylic acids is 3. The molecule has 10 heteroatoms. The third-order valence-electron chi connectivity index (χ3n) is 7.90. The molecule has 0 spiro atoms. The Bertz CT molecular complexity index is 1340. The molecule has 2 aromatic carbocycles. The number of rotatable bonds is 12. The summed E-state index contributed by atoms with van der Waals surface area (Å²) in [7, 11) is 0. The summed E-state index contributed by atoms with van der Waals surface area (Å²) in [5, 5.41) is 0. The molecule has 0 aromatic heterocycles. The molecule has 0 fully saturated rings. The van der Waals surface area contributed by atoms with E-state index in [1.807, 2.05) is 41.5 Å². The Morgan fingerprint density at radius 3 is 1.40 bits per heavy atom. The van der Waals surface area contributed by atoms with E-state index < -0.39 is 41.6 Å². The normalized spacial score (nSPS) is 15.1. The zero-order valence-electron chi connectivity index (χ0n) is 31.0. The minimum atomic E-state index is -0.639. The lowest BCUT2D eigenvalue weighted by atomic mass is 9.82. The van der Waals surface area contributed by atoms with Crippen LogP contribution in [0.3, 0.4) is 0 Å². The zero-order valence-corrected chi connectivity index (χ0v) is 31.8. The van der Waals surface area contributed by atoms with Crippen LogP contribution in [0.2, 0.25) is 0 Å². The highest BCUT2D eigenvalue weighted by molar-refractivity contribution is 5.85. The first-order valence-corrected chi connectivity index (χ1v) is 16.5. The van der Waals surface area contributed by atoms with E-state index in [1.54, 1.807) is 46.8 Å². The van der Waals surface area contributed by atoms with Crippen LogP contribution in [0.1, 0.15) is 117 Å². The Morgan fingerprint density at radius 2 is 1.08 bits per heavy atom. The zero-order chi connectivity index (χ0) is 36.4. The van der Waals surface area contributed by atoms with E-state index >= 15 is 0 Å². The number of hydrogen-bond acceptors (Lipinski definition) is 7. The molecule has 2 aromatic rings. The molecule has 0 saturated carbocycles. The van der Waals surface area contributed by atoms with E-state index in [9.17, 15) is 23.2 Å². The van der Waals surface area contributed by atoms with Crippen molar-refractivity contribution in [1.29, 1.82) is 0 Å². The first kappa shape index (κ1) is 45.0. The fourth-order valence-electron chi connectivity index (χ4n) is 5.79. The number of carbonyl (C=O) groups is 3. The summed E-state index contributed by atoms with van der Waals surface area (Å²) in [6.07, 6.45) is -0.731. The minimum Gasteiger partial charge on any atom is -0.462 e. The van der Waals surface area contributed by atoms with Gasteiger partial charge in [-0.05, 0) is 114 Å². The minimum absolute atomic E-state index is 0. The Kier molecular flexibility index (Phi) is 18.6. The summed E-state index contributed by atoms with van der Waals surface area (Å²) in [4.78, 5) is 36.0. The molecule has 0 radical (unpaired) electrons. The summed E-state index contributed by atoms with van der Waals surface area (Å²) in [6.45, 7) is 24.2. The second-order valence-corrected chi connectivity index (χ2v) is 14.3. The predicted molar refractivity (Wildman–Crippen MR) is 189 cm³/mol. The SMILES string of the molecule is Cc1cc(F)ccc1[C@H](C(C)C)[C@H](C)OC(=O)[C@H](C)CC(=O)OC(C)(C)C.Cc1cc(F)ccc1[C@H](C(C)C)[C@H](C)OC(=O)[C@H](C)N.Cl. The number of ether oxygens (including phenoxy) is 3. The van der Waals surface area contributed by atoms with Crippen molar-refractivity contribution in [2.75, 3.05) is 0 Å². The van der Waals surface area contributed by atoms with E-state index in [-0.39, 0.29) is 60.2 Å². The van der Waals surface area contributed by atoms with Crippen LogP contribution in [-0.4, -0.2) is 41.8 Å². The van der Waals surface area contributed by atoms with Crippen molar-refractivity contribution >= 4 is 30.3 Å². The average molecular weight is 698 g/mol. The van der Waals surface area contributed by atoms with E-state index in [1.165, 1.54) is 24.3 Å². The van der Waals surface area contributed by atoms with Gasteiger partial charge in [-0.3, -0.25) is 14.4 Å². The molecule has 0 heterocycles. The van der Waals surface area contributed by atoms with Gasteiger partial charge in [0.05, 0.1) is 12.3 Å². The largest absolute Gasteiger partial charge is 0.462 e. The Balaban J connectivity index is 0.000000940. The molecule has 6 atom stereocenters.